The Kier molecular flexibility index (Phi) is 3.72. The summed E-state index contributed by atoms with van der Waals surface area (Å²) < 4.78 is 23.8. The number of hydrogen-bond acceptors (Lipinski definition) is 8. The summed E-state index contributed by atoms with van der Waals surface area (Å²) in [6.07, 6.45) is 0.133. The zero-order valence-electron chi connectivity index (χ0n) is 17.4. The molecule has 0 saturated carbocycles. The second kappa shape index (κ2) is 6.32. The van der Waals surface area contributed by atoms with E-state index in [0.717, 1.165) is 10.9 Å². The predicted molar refractivity (Wildman–Crippen MR) is 110 cm³/mol. The molecule has 1 atom stereocenters. The molecule has 0 fully saturated rings. The van der Waals surface area contributed by atoms with Crippen molar-refractivity contribution in [2.24, 2.45) is 0 Å². The number of rotatable bonds is 2. The fourth-order valence-electron chi connectivity index (χ4n) is 4.89. The molecule has 3 aliphatic rings. The van der Waals surface area contributed by atoms with Gasteiger partial charge in [0.2, 0.25) is 12.4 Å². The van der Waals surface area contributed by atoms with Crippen LogP contribution in [0, 0.1) is 0 Å². The van der Waals surface area contributed by atoms with E-state index >= 15 is 0 Å². The minimum Gasteiger partial charge on any atom is -0.457 e. The molecule has 0 radical (unpaired) electrons. The smallest absolute Gasteiger partial charge is 0.355 e. The molecule has 3 aliphatic heterocycles. The SMILES string of the molecule is CC[C@@]1(OC(C)=O)C(=O)OCc2c1cc1n(c2=O)Cc2c-1nc1cccc3c1c2OCO3. The van der Waals surface area contributed by atoms with E-state index in [2.05, 4.69) is 0 Å². The van der Waals surface area contributed by atoms with Gasteiger partial charge in [0.25, 0.3) is 5.56 Å². The van der Waals surface area contributed by atoms with Crippen molar-refractivity contribution in [1.29, 1.82) is 0 Å². The van der Waals surface area contributed by atoms with Gasteiger partial charge in [0.15, 0.2) is 0 Å². The van der Waals surface area contributed by atoms with Gasteiger partial charge in [-0.15, -0.1) is 0 Å². The third-order valence-corrected chi connectivity index (χ3v) is 6.33. The number of ether oxygens (including phenoxy) is 4. The zero-order chi connectivity index (χ0) is 22.2. The van der Waals surface area contributed by atoms with Gasteiger partial charge in [-0.1, -0.05) is 13.0 Å². The molecule has 0 unspecified atom stereocenters. The highest BCUT2D eigenvalue weighted by molar-refractivity contribution is 5.96. The average Bonchev–Trinajstić information content (AvgIpc) is 3.15. The second-order valence-corrected chi connectivity index (χ2v) is 7.99. The summed E-state index contributed by atoms with van der Waals surface area (Å²) in [5, 5.41) is 0.768. The first-order valence-corrected chi connectivity index (χ1v) is 10.3. The Morgan fingerprint density at radius 1 is 1.22 bits per heavy atom. The summed E-state index contributed by atoms with van der Waals surface area (Å²) in [5.74, 6) is 0.00609. The van der Waals surface area contributed by atoms with Crippen LogP contribution >= 0.6 is 0 Å². The Morgan fingerprint density at radius 3 is 2.84 bits per heavy atom. The van der Waals surface area contributed by atoms with Gasteiger partial charge in [-0.3, -0.25) is 9.59 Å². The number of carbonyl (C=O) groups excluding carboxylic acids is 2. The van der Waals surface area contributed by atoms with Gasteiger partial charge in [-0.25, -0.2) is 9.78 Å². The fourth-order valence-corrected chi connectivity index (χ4v) is 4.89. The number of benzene rings is 1. The van der Waals surface area contributed by atoms with Crippen molar-refractivity contribution < 1.29 is 28.5 Å². The molecular weight excluding hydrogens is 416 g/mol. The lowest BCUT2D eigenvalue weighted by atomic mass is 9.85. The van der Waals surface area contributed by atoms with Crippen LogP contribution in [-0.2, 0) is 37.8 Å². The number of pyridine rings is 2. The number of aromatic nitrogens is 2. The van der Waals surface area contributed by atoms with Crippen LogP contribution < -0.4 is 15.0 Å². The molecule has 32 heavy (non-hydrogen) atoms. The first-order chi connectivity index (χ1) is 15.4. The fraction of sp³-hybridized carbons (Fsp3) is 0.304. The lowest BCUT2D eigenvalue weighted by molar-refractivity contribution is -0.188. The monoisotopic (exact) mass is 434 g/mol. The molecule has 5 heterocycles. The Balaban J connectivity index is 1.65. The molecular formula is C23H18N2O7. The predicted octanol–water partition coefficient (Wildman–Crippen LogP) is 2.38. The third kappa shape index (κ3) is 2.27. The van der Waals surface area contributed by atoms with Crippen LogP contribution in [0.3, 0.4) is 0 Å². The molecule has 0 amide bonds. The van der Waals surface area contributed by atoms with Gasteiger partial charge < -0.3 is 23.5 Å². The Hall–Kier alpha value is -3.88. The van der Waals surface area contributed by atoms with E-state index in [1.807, 2.05) is 18.2 Å². The van der Waals surface area contributed by atoms with E-state index in [-0.39, 0.29) is 31.9 Å². The molecule has 0 spiro atoms. The molecule has 0 N–H and O–H groups in total. The number of cyclic esters (lactones) is 1. The summed E-state index contributed by atoms with van der Waals surface area (Å²) in [6, 6.07) is 7.28. The molecule has 3 aromatic rings. The van der Waals surface area contributed by atoms with Crippen molar-refractivity contribution in [3.8, 4) is 22.9 Å². The van der Waals surface area contributed by atoms with Gasteiger partial charge >= 0.3 is 11.9 Å². The zero-order valence-corrected chi connectivity index (χ0v) is 17.4. The Morgan fingerprint density at radius 2 is 2.06 bits per heavy atom. The van der Waals surface area contributed by atoms with Crippen molar-refractivity contribution in [3.63, 3.8) is 0 Å². The summed E-state index contributed by atoms with van der Waals surface area (Å²) >= 11 is 0. The number of carbonyl (C=O) groups is 2. The van der Waals surface area contributed by atoms with Gasteiger partial charge in [0.05, 0.1) is 34.4 Å². The average molecular weight is 434 g/mol. The first-order valence-electron chi connectivity index (χ1n) is 10.3. The van der Waals surface area contributed by atoms with Gasteiger partial charge in [-0.2, -0.15) is 0 Å². The van der Waals surface area contributed by atoms with Crippen molar-refractivity contribution in [3.05, 3.63) is 51.3 Å². The molecule has 1 aromatic carbocycles. The molecule has 2 aromatic heterocycles. The normalized spacial score (nSPS) is 19.9. The second-order valence-electron chi connectivity index (χ2n) is 7.99. The summed E-state index contributed by atoms with van der Waals surface area (Å²) in [7, 11) is 0. The Bertz CT molecular complexity index is 1420. The Labute approximate surface area is 181 Å². The van der Waals surface area contributed by atoms with Gasteiger partial charge in [0, 0.05) is 18.1 Å². The van der Waals surface area contributed by atoms with Crippen LogP contribution in [0.15, 0.2) is 29.1 Å². The highest BCUT2D eigenvalue weighted by Crippen LogP contribution is 2.46. The summed E-state index contributed by atoms with van der Waals surface area (Å²) in [4.78, 5) is 42.9. The van der Waals surface area contributed by atoms with E-state index in [1.165, 1.54) is 6.92 Å². The maximum absolute atomic E-state index is 13.5. The van der Waals surface area contributed by atoms with E-state index in [4.69, 9.17) is 23.9 Å². The number of esters is 2. The van der Waals surface area contributed by atoms with Gasteiger partial charge in [-0.05, 0) is 24.6 Å². The van der Waals surface area contributed by atoms with E-state index < -0.39 is 17.5 Å². The number of fused-ring (bicyclic) bond motifs is 5. The molecule has 0 aliphatic carbocycles. The molecule has 9 nitrogen and oxygen atoms in total. The van der Waals surface area contributed by atoms with Crippen LogP contribution in [0.5, 0.6) is 11.5 Å². The largest absolute Gasteiger partial charge is 0.457 e. The van der Waals surface area contributed by atoms with Crippen LogP contribution in [0.25, 0.3) is 22.3 Å². The minimum absolute atomic E-state index is 0.0675. The van der Waals surface area contributed by atoms with Crippen molar-refractivity contribution >= 4 is 22.8 Å². The van der Waals surface area contributed by atoms with Crippen LogP contribution in [0.4, 0.5) is 0 Å². The lowest BCUT2D eigenvalue weighted by Gasteiger charge is -2.35. The quantitative estimate of drug-likeness (QED) is 0.443. The van der Waals surface area contributed by atoms with Crippen molar-refractivity contribution in [2.75, 3.05) is 6.79 Å². The van der Waals surface area contributed by atoms with Crippen molar-refractivity contribution in [1.82, 2.24) is 9.55 Å². The molecule has 0 bridgehead atoms. The van der Waals surface area contributed by atoms with Crippen LogP contribution in [0.2, 0.25) is 0 Å². The highest BCUT2D eigenvalue weighted by atomic mass is 16.7. The maximum Gasteiger partial charge on any atom is 0.355 e. The molecule has 9 heteroatoms. The summed E-state index contributed by atoms with van der Waals surface area (Å²) in [6.45, 7) is 3.10. The van der Waals surface area contributed by atoms with Gasteiger partial charge in [0.1, 0.15) is 18.1 Å². The van der Waals surface area contributed by atoms with Crippen LogP contribution in [0.1, 0.15) is 37.0 Å². The standard InChI is InChI=1S/C23H18N2O7/c1-3-23(32-11(2)26)14-7-16-19-12(8-25(16)21(27)13(14)9-29-22(23)28)20-18-15(24-19)5-4-6-17(18)30-10-31-20/h4-7H,3,8-10H2,1-2H3/t23-/m0/s1. The van der Waals surface area contributed by atoms with Crippen molar-refractivity contribution in [2.45, 2.75) is 39.0 Å². The topological polar surface area (TPSA) is 106 Å². The summed E-state index contributed by atoms with van der Waals surface area (Å²) in [5.41, 5.74) is 1.26. The van der Waals surface area contributed by atoms with Crippen LogP contribution in [-0.4, -0.2) is 28.3 Å². The third-order valence-electron chi connectivity index (χ3n) is 6.33. The van der Waals surface area contributed by atoms with E-state index in [1.54, 1.807) is 17.6 Å². The maximum atomic E-state index is 13.5. The first kappa shape index (κ1) is 18.9. The van der Waals surface area contributed by atoms with E-state index in [9.17, 15) is 14.4 Å². The number of hydrogen-bond donors (Lipinski definition) is 0. The highest BCUT2D eigenvalue weighted by Gasteiger charge is 2.50. The molecule has 162 valence electrons. The van der Waals surface area contributed by atoms with E-state index in [0.29, 0.717) is 39.5 Å². The molecule has 0 saturated heterocycles. The minimum atomic E-state index is -1.67. The lowest BCUT2D eigenvalue weighted by Crippen LogP contribution is -2.47. The molecule has 6 rings (SSSR count). The number of nitrogens with zero attached hydrogens (tertiary/aromatic N) is 2.